The minimum absolute atomic E-state index is 0.00900. The summed E-state index contributed by atoms with van der Waals surface area (Å²) in [6.07, 6.45) is 0. The summed E-state index contributed by atoms with van der Waals surface area (Å²) in [6, 6.07) is 11.9. The van der Waals surface area contributed by atoms with Gasteiger partial charge in [-0.3, -0.25) is 0 Å². The van der Waals surface area contributed by atoms with Gasteiger partial charge >= 0.3 is 0 Å². The van der Waals surface area contributed by atoms with Gasteiger partial charge in [-0.25, -0.2) is 4.39 Å². The van der Waals surface area contributed by atoms with Crippen LogP contribution in [0.5, 0.6) is 11.5 Å². The number of phenolic OH excluding ortho intramolecular Hbond substituents is 1. The number of rotatable bonds is 4. The zero-order valence-electron chi connectivity index (χ0n) is 10.8. The number of halogens is 1. The number of benzene rings is 2. The van der Waals surface area contributed by atoms with Crippen LogP contribution in [0.1, 0.15) is 11.6 Å². The highest BCUT2D eigenvalue weighted by atomic mass is 19.1. The van der Waals surface area contributed by atoms with Crippen molar-refractivity contribution in [2.45, 2.75) is 6.04 Å². The van der Waals surface area contributed by atoms with Crippen LogP contribution in [0.2, 0.25) is 0 Å². The van der Waals surface area contributed by atoms with Gasteiger partial charge in [0.1, 0.15) is 11.9 Å². The normalized spacial score (nSPS) is 11.4. The molecule has 20 heavy (non-hydrogen) atoms. The first-order chi connectivity index (χ1) is 9.63. The van der Waals surface area contributed by atoms with Crippen LogP contribution in [0.3, 0.4) is 0 Å². The lowest BCUT2D eigenvalue weighted by molar-refractivity contribution is 0.373. The van der Waals surface area contributed by atoms with Crippen LogP contribution in [0.25, 0.3) is 0 Å². The summed E-state index contributed by atoms with van der Waals surface area (Å²) in [5.74, 6) is -0.0336. The Bertz CT molecular complexity index is 635. The van der Waals surface area contributed by atoms with Crippen LogP contribution in [-0.4, -0.2) is 12.2 Å². The molecule has 0 aliphatic heterocycles. The predicted octanol–water partition coefficient (Wildman–Crippen LogP) is 3.22. The summed E-state index contributed by atoms with van der Waals surface area (Å²) in [5.41, 5.74) is 1.27. The van der Waals surface area contributed by atoms with E-state index in [9.17, 15) is 14.8 Å². The average Bonchev–Trinajstić information content (AvgIpc) is 2.47. The highest BCUT2D eigenvalue weighted by molar-refractivity contribution is 5.50. The van der Waals surface area contributed by atoms with E-state index in [1.807, 2.05) is 0 Å². The van der Waals surface area contributed by atoms with Crippen molar-refractivity contribution in [3.8, 4) is 17.6 Å². The molecule has 0 aliphatic rings. The van der Waals surface area contributed by atoms with Gasteiger partial charge in [-0.1, -0.05) is 6.07 Å². The summed E-state index contributed by atoms with van der Waals surface area (Å²) < 4.78 is 17.8. The van der Waals surface area contributed by atoms with Crippen LogP contribution in [0.4, 0.5) is 10.1 Å². The second-order valence-corrected chi connectivity index (χ2v) is 4.14. The minimum Gasteiger partial charge on any atom is -0.504 e. The van der Waals surface area contributed by atoms with E-state index in [1.54, 1.807) is 24.3 Å². The molecule has 2 aromatic rings. The van der Waals surface area contributed by atoms with Gasteiger partial charge < -0.3 is 15.2 Å². The Balaban J connectivity index is 2.24. The zero-order chi connectivity index (χ0) is 14.5. The number of nitriles is 1. The van der Waals surface area contributed by atoms with Gasteiger partial charge in [0.25, 0.3) is 0 Å². The molecule has 0 saturated heterocycles. The molecule has 2 rings (SSSR count). The third kappa shape index (κ3) is 2.98. The highest BCUT2D eigenvalue weighted by Crippen LogP contribution is 2.30. The molecule has 0 aromatic heterocycles. The smallest absolute Gasteiger partial charge is 0.160 e. The van der Waals surface area contributed by atoms with Crippen LogP contribution in [-0.2, 0) is 0 Å². The number of aromatic hydroxyl groups is 1. The molecule has 0 fully saturated rings. The van der Waals surface area contributed by atoms with Crippen molar-refractivity contribution >= 4 is 5.69 Å². The van der Waals surface area contributed by atoms with E-state index in [-0.39, 0.29) is 11.6 Å². The molecule has 0 aliphatic carbocycles. The Kier molecular flexibility index (Phi) is 4.06. The molecule has 4 nitrogen and oxygen atoms in total. The molecule has 0 spiro atoms. The summed E-state index contributed by atoms with van der Waals surface area (Å²) in [6.45, 7) is 0. The van der Waals surface area contributed by atoms with Crippen LogP contribution in [0.15, 0.2) is 42.5 Å². The molecule has 1 atom stereocenters. The molecule has 0 bridgehead atoms. The summed E-state index contributed by atoms with van der Waals surface area (Å²) >= 11 is 0. The van der Waals surface area contributed by atoms with E-state index in [2.05, 4.69) is 11.4 Å². The van der Waals surface area contributed by atoms with Gasteiger partial charge in [0.15, 0.2) is 11.5 Å². The molecule has 2 aromatic carbocycles. The van der Waals surface area contributed by atoms with Gasteiger partial charge in [-0.15, -0.1) is 0 Å². The zero-order valence-corrected chi connectivity index (χ0v) is 10.8. The van der Waals surface area contributed by atoms with E-state index < -0.39 is 6.04 Å². The maximum Gasteiger partial charge on any atom is 0.160 e. The number of nitrogens with one attached hydrogen (secondary N) is 1. The fraction of sp³-hybridized carbons (Fsp3) is 0.133. The SMILES string of the molecule is COc1cc(C(C#N)Nc2ccc(F)cc2)ccc1O. The molecule has 5 heteroatoms. The Hall–Kier alpha value is -2.74. The minimum atomic E-state index is -0.630. The van der Waals surface area contributed by atoms with E-state index >= 15 is 0 Å². The lowest BCUT2D eigenvalue weighted by Gasteiger charge is -2.14. The summed E-state index contributed by atoms with van der Waals surface area (Å²) in [4.78, 5) is 0. The van der Waals surface area contributed by atoms with Crippen molar-refractivity contribution < 1.29 is 14.2 Å². The van der Waals surface area contributed by atoms with E-state index in [1.165, 1.54) is 25.3 Å². The molecule has 102 valence electrons. The van der Waals surface area contributed by atoms with Gasteiger partial charge in [0, 0.05) is 5.69 Å². The Labute approximate surface area is 116 Å². The van der Waals surface area contributed by atoms with E-state index in [0.717, 1.165) is 0 Å². The molecule has 0 radical (unpaired) electrons. The number of hydrogen-bond acceptors (Lipinski definition) is 4. The predicted molar refractivity (Wildman–Crippen MR) is 73.0 cm³/mol. The lowest BCUT2D eigenvalue weighted by Crippen LogP contribution is -2.08. The van der Waals surface area contributed by atoms with Gasteiger partial charge in [-0.2, -0.15) is 5.26 Å². The number of ether oxygens (including phenoxy) is 1. The first-order valence-electron chi connectivity index (χ1n) is 5.92. The van der Waals surface area contributed by atoms with Crippen molar-refractivity contribution in [1.29, 1.82) is 5.26 Å². The summed E-state index contributed by atoms with van der Waals surface area (Å²) in [7, 11) is 1.44. The molecule has 0 amide bonds. The number of methoxy groups -OCH3 is 1. The first-order valence-corrected chi connectivity index (χ1v) is 5.92. The fourth-order valence-electron chi connectivity index (χ4n) is 1.78. The van der Waals surface area contributed by atoms with Crippen LogP contribution < -0.4 is 10.1 Å². The quantitative estimate of drug-likeness (QED) is 0.897. The molecule has 2 N–H and O–H groups in total. The number of hydrogen-bond donors (Lipinski definition) is 2. The van der Waals surface area contributed by atoms with Gasteiger partial charge in [0.05, 0.1) is 13.2 Å². The number of phenols is 1. The second kappa shape index (κ2) is 5.93. The Morgan fingerprint density at radius 3 is 2.55 bits per heavy atom. The van der Waals surface area contributed by atoms with Gasteiger partial charge in [-0.05, 0) is 42.0 Å². The largest absolute Gasteiger partial charge is 0.504 e. The van der Waals surface area contributed by atoms with E-state index in [0.29, 0.717) is 17.0 Å². The fourth-order valence-corrected chi connectivity index (χ4v) is 1.78. The highest BCUT2D eigenvalue weighted by Gasteiger charge is 2.13. The first kappa shape index (κ1) is 13.7. The monoisotopic (exact) mass is 272 g/mol. The van der Waals surface area contributed by atoms with Crippen molar-refractivity contribution in [3.63, 3.8) is 0 Å². The van der Waals surface area contributed by atoms with E-state index in [4.69, 9.17) is 4.74 Å². The van der Waals surface area contributed by atoms with Gasteiger partial charge in [0.2, 0.25) is 0 Å². The molecular formula is C15H13FN2O2. The third-order valence-electron chi connectivity index (χ3n) is 2.82. The maximum absolute atomic E-state index is 12.8. The number of anilines is 1. The third-order valence-corrected chi connectivity index (χ3v) is 2.82. The van der Waals surface area contributed by atoms with Crippen LogP contribution in [0, 0.1) is 17.1 Å². The average molecular weight is 272 g/mol. The van der Waals surface area contributed by atoms with Crippen molar-refractivity contribution in [1.82, 2.24) is 0 Å². The van der Waals surface area contributed by atoms with Crippen molar-refractivity contribution in [3.05, 3.63) is 53.8 Å². The standard InChI is InChI=1S/C15H13FN2O2/c1-20-15-8-10(2-7-14(15)19)13(9-17)18-12-5-3-11(16)4-6-12/h2-8,13,18-19H,1H3. The molecule has 0 saturated carbocycles. The lowest BCUT2D eigenvalue weighted by atomic mass is 10.1. The molecule has 1 unspecified atom stereocenters. The molecular weight excluding hydrogens is 259 g/mol. The van der Waals surface area contributed by atoms with Crippen molar-refractivity contribution in [2.24, 2.45) is 0 Å². The maximum atomic E-state index is 12.8. The second-order valence-electron chi connectivity index (χ2n) is 4.14. The van der Waals surface area contributed by atoms with Crippen molar-refractivity contribution in [2.75, 3.05) is 12.4 Å². The van der Waals surface area contributed by atoms with Crippen LogP contribution >= 0.6 is 0 Å². The number of nitrogens with zero attached hydrogens (tertiary/aromatic N) is 1. The molecule has 0 heterocycles. The summed E-state index contributed by atoms with van der Waals surface area (Å²) in [5, 5.41) is 21.8. The Morgan fingerprint density at radius 2 is 1.95 bits per heavy atom. The Morgan fingerprint density at radius 1 is 1.25 bits per heavy atom. The topological polar surface area (TPSA) is 65.3 Å².